The van der Waals surface area contributed by atoms with Gasteiger partial charge in [-0.2, -0.15) is 5.26 Å². The molecule has 1 amide bonds. The van der Waals surface area contributed by atoms with E-state index >= 15 is 0 Å². The number of carbonyl (C=O) groups is 1. The van der Waals surface area contributed by atoms with E-state index in [1.807, 2.05) is 36.4 Å². The van der Waals surface area contributed by atoms with Crippen molar-refractivity contribution < 1.29 is 9.53 Å². The fraction of sp³-hybridized carbons (Fsp3) is 0.273. The van der Waals surface area contributed by atoms with E-state index in [0.29, 0.717) is 22.2 Å². The van der Waals surface area contributed by atoms with E-state index in [1.54, 1.807) is 12.1 Å². The van der Waals surface area contributed by atoms with Crippen LogP contribution in [0.4, 0.5) is 5.13 Å². The number of nitriles is 1. The Morgan fingerprint density at radius 3 is 2.60 bits per heavy atom. The molecule has 3 rings (SSSR count). The zero-order valence-electron chi connectivity index (χ0n) is 17.0. The first-order valence-electron chi connectivity index (χ1n) is 9.32. The van der Waals surface area contributed by atoms with Gasteiger partial charge in [0.25, 0.3) is 5.91 Å². The summed E-state index contributed by atoms with van der Waals surface area (Å²) in [7, 11) is 0. The van der Waals surface area contributed by atoms with Gasteiger partial charge in [-0.25, -0.2) is 0 Å². The molecular formula is C22H22N4O2S2. The van der Waals surface area contributed by atoms with E-state index in [2.05, 4.69) is 42.4 Å². The topological polar surface area (TPSA) is 87.9 Å². The predicted molar refractivity (Wildman–Crippen MR) is 120 cm³/mol. The number of carbonyl (C=O) groups excluding carboxylic acids is 1. The Balaban J connectivity index is 1.51. The Labute approximate surface area is 184 Å². The monoisotopic (exact) mass is 438 g/mol. The Morgan fingerprint density at radius 1 is 1.17 bits per heavy atom. The number of aromatic nitrogens is 2. The molecule has 1 heterocycles. The van der Waals surface area contributed by atoms with E-state index in [4.69, 9.17) is 10.00 Å². The number of hydrogen-bond donors (Lipinski definition) is 1. The number of ether oxygens (including phenoxy) is 1. The van der Waals surface area contributed by atoms with E-state index in [-0.39, 0.29) is 17.9 Å². The van der Waals surface area contributed by atoms with Crippen LogP contribution in [0, 0.1) is 11.3 Å². The van der Waals surface area contributed by atoms with Gasteiger partial charge in [0.2, 0.25) is 5.13 Å². The van der Waals surface area contributed by atoms with Crippen LogP contribution in [0.2, 0.25) is 0 Å². The molecule has 3 aromatic rings. The number of para-hydroxylation sites is 1. The molecule has 30 heavy (non-hydrogen) atoms. The molecule has 0 saturated carbocycles. The molecule has 0 bridgehead atoms. The maximum absolute atomic E-state index is 12.3. The maximum atomic E-state index is 12.3. The number of nitrogens with one attached hydrogen (secondary N) is 1. The van der Waals surface area contributed by atoms with Crippen molar-refractivity contribution in [2.24, 2.45) is 0 Å². The molecule has 1 N–H and O–H groups in total. The lowest BCUT2D eigenvalue weighted by Crippen LogP contribution is -2.21. The van der Waals surface area contributed by atoms with Crippen molar-refractivity contribution in [3.05, 3.63) is 65.2 Å². The second-order valence-electron chi connectivity index (χ2n) is 7.55. The molecule has 1 aromatic heterocycles. The van der Waals surface area contributed by atoms with Crippen LogP contribution in [0.15, 0.2) is 52.9 Å². The van der Waals surface area contributed by atoms with Gasteiger partial charge < -0.3 is 4.74 Å². The lowest BCUT2D eigenvalue weighted by atomic mass is 9.86. The quantitative estimate of drug-likeness (QED) is 0.412. The fourth-order valence-corrected chi connectivity index (χ4v) is 4.37. The first kappa shape index (κ1) is 21.8. The summed E-state index contributed by atoms with van der Waals surface area (Å²) in [5, 5.41) is 20.2. The lowest BCUT2D eigenvalue weighted by Gasteiger charge is -2.22. The molecular weight excluding hydrogens is 416 g/mol. The molecule has 0 radical (unpaired) electrons. The van der Waals surface area contributed by atoms with Crippen molar-refractivity contribution in [2.45, 2.75) is 36.3 Å². The molecule has 2 aromatic carbocycles. The molecule has 0 atom stereocenters. The molecule has 0 aliphatic carbocycles. The molecule has 0 aliphatic heterocycles. The number of thioether (sulfide) groups is 1. The highest BCUT2D eigenvalue weighted by atomic mass is 32.2. The molecule has 6 nitrogen and oxygen atoms in total. The third-order valence-corrected chi connectivity index (χ3v) is 6.20. The molecule has 0 aliphatic rings. The van der Waals surface area contributed by atoms with E-state index < -0.39 is 0 Å². The summed E-state index contributed by atoms with van der Waals surface area (Å²) in [6, 6.07) is 17.3. The number of rotatable bonds is 7. The summed E-state index contributed by atoms with van der Waals surface area (Å²) < 4.78 is 6.50. The van der Waals surface area contributed by atoms with Gasteiger partial charge in [0, 0.05) is 5.75 Å². The Bertz CT molecular complexity index is 1050. The average molecular weight is 439 g/mol. The predicted octanol–water partition coefficient (Wildman–Crippen LogP) is 5.02. The van der Waals surface area contributed by atoms with Gasteiger partial charge in [-0.15, -0.1) is 10.2 Å². The van der Waals surface area contributed by atoms with E-state index in [9.17, 15) is 4.79 Å². The van der Waals surface area contributed by atoms with Gasteiger partial charge in [-0.05, 0) is 34.7 Å². The maximum Gasteiger partial charge on any atom is 0.264 e. The van der Waals surface area contributed by atoms with Crippen LogP contribution in [0.5, 0.6) is 5.75 Å². The highest BCUT2D eigenvalue weighted by molar-refractivity contribution is 8.00. The molecule has 0 unspecified atom stereocenters. The van der Waals surface area contributed by atoms with Crippen LogP contribution in [0.1, 0.15) is 37.5 Å². The number of amides is 1. The largest absolute Gasteiger partial charge is 0.483 e. The third-order valence-electron chi connectivity index (χ3n) is 4.15. The molecule has 0 fully saturated rings. The highest BCUT2D eigenvalue weighted by Gasteiger charge is 2.19. The first-order chi connectivity index (χ1) is 14.3. The summed E-state index contributed by atoms with van der Waals surface area (Å²) >= 11 is 2.85. The molecule has 0 saturated heterocycles. The SMILES string of the molecule is CC(C)(C)c1ccccc1OCC(=O)Nc1nnc(SCc2ccc(C#N)cc2)s1. The van der Waals surface area contributed by atoms with Crippen molar-refractivity contribution >= 4 is 34.1 Å². The smallest absolute Gasteiger partial charge is 0.264 e. The van der Waals surface area contributed by atoms with Gasteiger partial charge in [-0.3, -0.25) is 10.1 Å². The van der Waals surface area contributed by atoms with Gasteiger partial charge in [-0.1, -0.05) is 74.2 Å². The number of benzene rings is 2. The second-order valence-corrected chi connectivity index (χ2v) is 9.75. The third kappa shape index (κ3) is 6.05. The Hall–Kier alpha value is -2.89. The zero-order chi connectivity index (χ0) is 21.6. The van der Waals surface area contributed by atoms with Crippen LogP contribution < -0.4 is 10.1 Å². The minimum absolute atomic E-state index is 0.0760. The Morgan fingerprint density at radius 2 is 1.90 bits per heavy atom. The van der Waals surface area contributed by atoms with Gasteiger partial charge >= 0.3 is 0 Å². The number of nitrogens with zero attached hydrogens (tertiary/aromatic N) is 3. The van der Waals surface area contributed by atoms with Gasteiger partial charge in [0.05, 0.1) is 11.6 Å². The van der Waals surface area contributed by atoms with Crippen LogP contribution in [-0.4, -0.2) is 22.7 Å². The van der Waals surface area contributed by atoms with Crippen molar-refractivity contribution in [3.63, 3.8) is 0 Å². The van der Waals surface area contributed by atoms with E-state index in [0.717, 1.165) is 15.5 Å². The zero-order valence-corrected chi connectivity index (χ0v) is 18.6. The summed E-state index contributed by atoms with van der Waals surface area (Å²) in [6.45, 7) is 6.22. The normalized spacial score (nSPS) is 11.0. The standard InChI is InChI=1S/C22H22N4O2S2/c1-22(2,3)17-6-4-5-7-18(17)28-13-19(27)24-20-25-26-21(30-20)29-14-16-10-8-15(12-23)9-11-16/h4-11H,13-14H2,1-3H3,(H,24,25,27). The van der Waals surface area contributed by atoms with Gasteiger partial charge in [0.15, 0.2) is 10.9 Å². The highest BCUT2D eigenvalue weighted by Crippen LogP contribution is 2.31. The van der Waals surface area contributed by atoms with Crippen molar-refractivity contribution in [1.82, 2.24) is 10.2 Å². The average Bonchev–Trinajstić information content (AvgIpc) is 3.18. The Kier molecular flexibility index (Phi) is 7.08. The summed E-state index contributed by atoms with van der Waals surface area (Å²) in [6.07, 6.45) is 0. The van der Waals surface area contributed by atoms with Crippen molar-refractivity contribution in [3.8, 4) is 11.8 Å². The molecule has 154 valence electrons. The van der Waals surface area contributed by atoms with Crippen LogP contribution in [0.3, 0.4) is 0 Å². The lowest BCUT2D eigenvalue weighted by molar-refractivity contribution is -0.118. The first-order valence-corrected chi connectivity index (χ1v) is 11.1. The summed E-state index contributed by atoms with van der Waals surface area (Å²) in [5.74, 6) is 1.13. The number of hydrogen-bond acceptors (Lipinski definition) is 7. The molecule has 8 heteroatoms. The van der Waals surface area contributed by atoms with Crippen LogP contribution >= 0.6 is 23.1 Å². The minimum Gasteiger partial charge on any atom is -0.483 e. The summed E-state index contributed by atoms with van der Waals surface area (Å²) in [4.78, 5) is 12.3. The number of anilines is 1. The molecule has 0 spiro atoms. The second kappa shape index (κ2) is 9.74. The van der Waals surface area contributed by atoms with Gasteiger partial charge in [0.1, 0.15) is 5.75 Å². The summed E-state index contributed by atoms with van der Waals surface area (Å²) in [5.41, 5.74) is 2.70. The van der Waals surface area contributed by atoms with Crippen molar-refractivity contribution in [1.29, 1.82) is 5.26 Å². The van der Waals surface area contributed by atoms with Crippen molar-refractivity contribution in [2.75, 3.05) is 11.9 Å². The minimum atomic E-state index is -0.279. The van der Waals surface area contributed by atoms with E-state index in [1.165, 1.54) is 23.1 Å². The fourth-order valence-electron chi connectivity index (χ4n) is 2.65. The van der Waals surface area contributed by atoms with Crippen LogP contribution in [0.25, 0.3) is 0 Å². The van der Waals surface area contributed by atoms with Crippen LogP contribution in [-0.2, 0) is 16.0 Å².